The quantitative estimate of drug-likeness (QED) is 0.927. The molecule has 2 aromatic rings. The Labute approximate surface area is 118 Å². The van der Waals surface area contributed by atoms with Crippen molar-refractivity contribution in [1.29, 1.82) is 0 Å². The number of halogens is 3. The van der Waals surface area contributed by atoms with E-state index >= 15 is 0 Å². The van der Waals surface area contributed by atoms with Crippen LogP contribution in [0.3, 0.4) is 0 Å². The maximum atomic E-state index is 12.5. The van der Waals surface area contributed by atoms with Crippen molar-refractivity contribution in [3.05, 3.63) is 36.7 Å². The lowest BCUT2D eigenvalue weighted by Gasteiger charge is -2.40. The van der Waals surface area contributed by atoms with E-state index in [2.05, 4.69) is 25.3 Å². The molecule has 0 bridgehead atoms. The molecule has 21 heavy (non-hydrogen) atoms. The van der Waals surface area contributed by atoms with E-state index in [-0.39, 0.29) is 11.9 Å². The maximum absolute atomic E-state index is 12.5. The molecule has 1 aliphatic heterocycles. The molecular formula is C12H11F3N6. The Morgan fingerprint density at radius 1 is 1.14 bits per heavy atom. The number of rotatable bonds is 3. The highest BCUT2D eigenvalue weighted by Crippen LogP contribution is 2.28. The van der Waals surface area contributed by atoms with E-state index in [0.29, 0.717) is 13.1 Å². The van der Waals surface area contributed by atoms with E-state index in [1.54, 1.807) is 18.6 Å². The number of aromatic nitrogens is 4. The average Bonchev–Trinajstić information content (AvgIpc) is 2.43. The second-order valence-electron chi connectivity index (χ2n) is 4.60. The molecule has 2 aromatic heterocycles. The van der Waals surface area contributed by atoms with Gasteiger partial charge >= 0.3 is 6.18 Å². The molecule has 1 N–H and O–H groups in total. The minimum Gasteiger partial charge on any atom is -0.364 e. The van der Waals surface area contributed by atoms with Crippen LogP contribution in [0.5, 0.6) is 0 Å². The summed E-state index contributed by atoms with van der Waals surface area (Å²) in [7, 11) is 0. The van der Waals surface area contributed by atoms with Gasteiger partial charge in [-0.15, -0.1) is 0 Å². The van der Waals surface area contributed by atoms with Gasteiger partial charge < -0.3 is 10.2 Å². The topological polar surface area (TPSA) is 66.8 Å². The van der Waals surface area contributed by atoms with Crippen molar-refractivity contribution in [2.45, 2.75) is 12.2 Å². The minimum atomic E-state index is -4.47. The fourth-order valence-corrected chi connectivity index (χ4v) is 2.01. The smallest absolute Gasteiger partial charge is 0.364 e. The van der Waals surface area contributed by atoms with Crippen molar-refractivity contribution in [2.75, 3.05) is 23.3 Å². The van der Waals surface area contributed by atoms with Crippen LogP contribution >= 0.6 is 0 Å². The minimum absolute atomic E-state index is 0.0167. The molecule has 0 unspecified atom stereocenters. The second kappa shape index (κ2) is 5.15. The van der Waals surface area contributed by atoms with Crippen LogP contribution < -0.4 is 10.2 Å². The highest BCUT2D eigenvalue weighted by Gasteiger charge is 2.33. The summed E-state index contributed by atoms with van der Waals surface area (Å²) in [5, 5.41) is 2.95. The third kappa shape index (κ3) is 3.01. The molecule has 0 aromatic carbocycles. The lowest BCUT2D eigenvalue weighted by molar-refractivity contribution is -0.141. The van der Waals surface area contributed by atoms with Crippen LogP contribution in [0.25, 0.3) is 0 Å². The van der Waals surface area contributed by atoms with Crippen LogP contribution in [-0.2, 0) is 6.18 Å². The zero-order valence-corrected chi connectivity index (χ0v) is 10.7. The van der Waals surface area contributed by atoms with Crippen LogP contribution in [0.2, 0.25) is 0 Å². The molecule has 0 atom stereocenters. The summed E-state index contributed by atoms with van der Waals surface area (Å²) in [5.74, 6) is 0.912. The first-order valence-electron chi connectivity index (χ1n) is 6.19. The molecule has 0 aliphatic carbocycles. The van der Waals surface area contributed by atoms with E-state index in [9.17, 15) is 13.2 Å². The Morgan fingerprint density at radius 2 is 1.95 bits per heavy atom. The van der Waals surface area contributed by atoms with Gasteiger partial charge in [0.25, 0.3) is 0 Å². The summed E-state index contributed by atoms with van der Waals surface area (Å²) in [6.45, 7) is 1.26. The zero-order chi connectivity index (χ0) is 14.9. The highest BCUT2D eigenvalue weighted by atomic mass is 19.4. The molecule has 1 saturated heterocycles. The fourth-order valence-electron chi connectivity index (χ4n) is 2.01. The summed E-state index contributed by atoms with van der Waals surface area (Å²) in [4.78, 5) is 17.1. The fraction of sp³-hybridized carbons (Fsp3) is 0.333. The van der Waals surface area contributed by atoms with E-state index in [1.165, 1.54) is 0 Å². The SMILES string of the molecule is FC(F)(F)c1cc(NC2CN(c3cnccn3)C2)ncn1. The van der Waals surface area contributed by atoms with E-state index in [4.69, 9.17) is 0 Å². The number of anilines is 2. The van der Waals surface area contributed by atoms with Gasteiger partial charge in [-0.3, -0.25) is 4.98 Å². The largest absolute Gasteiger partial charge is 0.433 e. The highest BCUT2D eigenvalue weighted by molar-refractivity contribution is 5.45. The summed E-state index contributed by atoms with van der Waals surface area (Å²) < 4.78 is 37.6. The Hall–Kier alpha value is -2.45. The van der Waals surface area contributed by atoms with Crippen molar-refractivity contribution < 1.29 is 13.2 Å². The molecule has 0 saturated carbocycles. The summed E-state index contributed by atoms with van der Waals surface area (Å²) in [5.41, 5.74) is -0.954. The Kier molecular flexibility index (Phi) is 3.32. The molecule has 1 aliphatic rings. The molecule has 1 fully saturated rings. The predicted octanol–water partition coefficient (Wildman–Crippen LogP) is 1.59. The van der Waals surface area contributed by atoms with Crippen molar-refractivity contribution in [3.63, 3.8) is 0 Å². The van der Waals surface area contributed by atoms with Gasteiger partial charge in [-0.25, -0.2) is 15.0 Å². The lowest BCUT2D eigenvalue weighted by Crippen LogP contribution is -2.55. The van der Waals surface area contributed by atoms with Crippen molar-refractivity contribution in [3.8, 4) is 0 Å². The Morgan fingerprint density at radius 3 is 2.62 bits per heavy atom. The monoisotopic (exact) mass is 296 g/mol. The molecule has 110 valence electrons. The van der Waals surface area contributed by atoms with Gasteiger partial charge in [-0.05, 0) is 0 Å². The van der Waals surface area contributed by atoms with Crippen molar-refractivity contribution >= 4 is 11.6 Å². The molecule has 3 rings (SSSR count). The first-order valence-corrected chi connectivity index (χ1v) is 6.19. The van der Waals surface area contributed by atoms with Gasteiger partial charge in [0.15, 0.2) is 0 Å². The van der Waals surface area contributed by atoms with Crippen LogP contribution in [0, 0.1) is 0 Å². The van der Waals surface area contributed by atoms with Crippen LogP contribution in [0.4, 0.5) is 24.8 Å². The Balaban J connectivity index is 1.60. The zero-order valence-electron chi connectivity index (χ0n) is 10.7. The van der Waals surface area contributed by atoms with E-state index in [0.717, 1.165) is 18.2 Å². The first kappa shape index (κ1) is 13.5. The molecule has 0 radical (unpaired) electrons. The predicted molar refractivity (Wildman–Crippen MR) is 68.7 cm³/mol. The third-order valence-electron chi connectivity index (χ3n) is 3.06. The van der Waals surface area contributed by atoms with Gasteiger partial charge in [0.2, 0.25) is 0 Å². The summed E-state index contributed by atoms with van der Waals surface area (Å²) in [6.07, 6.45) is 1.26. The summed E-state index contributed by atoms with van der Waals surface area (Å²) >= 11 is 0. The number of nitrogens with one attached hydrogen (secondary N) is 1. The lowest BCUT2D eigenvalue weighted by atomic mass is 10.1. The van der Waals surface area contributed by atoms with Gasteiger partial charge in [0.1, 0.15) is 23.7 Å². The van der Waals surface area contributed by atoms with Gasteiger partial charge in [0.05, 0.1) is 12.2 Å². The van der Waals surface area contributed by atoms with E-state index < -0.39 is 11.9 Å². The number of hydrogen-bond donors (Lipinski definition) is 1. The van der Waals surface area contributed by atoms with Crippen LogP contribution in [0.15, 0.2) is 31.0 Å². The van der Waals surface area contributed by atoms with Gasteiger partial charge in [-0.1, -0.05) is 0 Å². The first-order chi connectivity index (χ1) is 10.0. The number of hydrogen-bond acceptors (Lipinski definition) is 6. The standard InChI is InChI=1S/C12H11F3N6/c13-12(14,15)9-3-10(19-7-18-9)20-8-5-21(6-8)11-4-16-1-2-17-11/h1-4,7-8H,5-6H2,(H,18,19,20). The molecular weight excluding hydrogens is 285 g/mol. The van der Waals surface area contributed by atoms with Crippen LogP contribution in [0.1, 0.15) is 5.69 Å². The normalized spacial score (nSPS) is 15.7. The van der Waals surface area contributed by atoms with Crippen molar-refractivity contribution in [2.24, 2.45) is 0 Å². The molecule has 0 spiro atoms. The van der Waals surface area contributed by atoms with Crippen LogP contribution in [-0.4, -0.2) is 39.1 Å². The van der Waals surface area contributed by atoms with Gasteiger partial charge in [0, 0.05) is 31.5 Å². The summed E-state index contributed by atoms with van der Waals surface area (Å²) in [6, 6.07) is 0.924. The molecule has 6 nitrogen and oxygen atoms in total. The van der Waals surface area contributed by atoms with E-state index in [1.807, 2.05) is 4.90 Å². The van der Waals surface area contributed by atoms with Crippen molar-refractivity contribution in [1.82, 2.24) is 19.9 Å². The third-order valence-corrected chi connectivity index (χ3v) is 3.06. The average molecular weight is 296 g/mol. The maximum Gasteiger partial charge on any atom is 0.433 e. The molecule has 9 heteroatoms. The second-order valence-corrected chi connectivity index (χ2v) is 4.60. The van der Waals surface area contributed by atoms with Gasteiger partial charge in [-0.2, -0.15) is 13.2 Å². The number of alkyl halides is 3. The Bertz CT molecular complexity index is 612. The number of nitrogens with zero attached hydrogens (tertiary/aromatic N) is 5. The molecule has 3 heterocycles. The molecule has 0 amide bonds.